The summed E-state index contributed by atoms with van der Waals surface area (Å²) in [7, 11) is 0. The van der Waals surface area contributed by atoms with Crippen LogP contribution >= 0.6 is 12.4 Å². The highest BCUT2D eigenvalue weighted by atomic mass is 35.5. The molecule has 3 unspecified atom stereocenters. The molecule has 25 heavy (non-hydrogen) atoms. The first-order valence-corrected chi connectivity index (χ1v) is 9.69. The van der Waals surface area contributed by atoms with E-state index in [4.69, 9.17) is 9.72 Å². The molecular weight excluding hydrogens is 336 g/mol. The first-order valence-electron chi connectivity index (χ1n) is 9.69. The first-order chi connectivity index (χ1) is 11.9. The summed E-state index contributed by atoms with van der Waals surface area (Å²) < 4.78 is 5.66. The topological polar surface area (TPSA) is 49.4 Å². The molecule has 2 aliphatic heterocycles. The molecule has 0 amide bonds. The predicted molar refractivity (Wildman–Crippen MR) is 105 cm³/mol. The third-order valence-electron chi connectivity index (χ3n) is 5.84. The number of hydrogen-bond donors (Lipinski definition) is 2. The molecule has 1 aromatic rings. The molecule has 2 saturated heterocycles. The second-order valence-corrected chi connectivity index (χ2v) is 7.43. The molecule has 1 aromatic heterocycles. The summed E-state index contributed by atoms with van der Waals surface area (Å²) in [6, 6.07) is 5.39. The Morgan fingerprint density at radius 3 is 2.72 bits per heavy atom. The van der Waals surface area contributed by atoms with Crippen molar-refractivity contribution in [3.05, 3.63) is 18.3 Å². The lowest BCUT2D eigenvalue weighted by Gasteiger charge is -2.33. The molecule has 4 rings (SSSR count). The fraction of sp³-hybridized carbons (Fsp3) is 0.737. The van der Waals surface area contributed by atoms with Crippen molar-refractivity contribution in [3.63, 3.8) is 0 Å². The molecule has 3 aliphatic rings. The van der Waals surface area contributed by atoms with Crippen LogP contribution in [-0.4, -0.2) is 49.9 Å². The van der Waals surface area contributed by atoms with Gasteiger partial charge in [0.2, 0.25) is 0 Å². The zero-order chi connectivity index (χ0) is 16.2. The lowest BCUT2D eigenvalue weighted by Crippen LogP contribution is -2.49. The second kappa shape index (κ2) is 9.06. The van der Waals surface area contributed by atoms with Gasteiger partial charge in [-0.3, -0.25) is 0 Å². The minimum absolute atomic E-state index is 0. The Bertz CT molecular complexity index is 515. The van der Waals surface area contributed by atoms with Crippen LogP contribution in [0, 0.1) is 5.92 Å². The second-order valence-electron chi connectivity index (χ2n) is 7.43. The van der Waals surface area contributed by atoms with Gasteiger partial charge in [-0.05, 0) is 50.2 Å². The van der Waals surface area contributed by atoms with E-state index in [2.05, 4.69) is 27.7 Å². The molecule has 0 bridgehead atoms. The van der Waals surface area contributed by atoms with Gasteiger partial charge in [0.1, 0.15) is 5.82 Å². The Kier molecular flexibility index (Phi) is 6.79. The van der Waals surface area contributed by atoms with Gasteiger partial charge in [0.15, 0.2) is 0 Å². The summed E-state index contributed by atoms with van der Waals surface area (Å²) >= 11 is 0. The standard InChI is InChI=1S/C19H30N4O.ClH/c1-2-10-23(11-3-1)15-7-8-19(21-13-15)22-17-6-4-5-16(17)18-14-24-12-9-20-18;/h7-8,13,16-18,20H,1-6,9-12,14H2,(H,21,22);1H. The summed E-state index contributed by atoms with van der Waals surface area (Å²) in [6.07, 6.45) is 9.83. The summed E-state index contributed by atoms with van der Waals surface area (Å²) in [5.41, 5.74) is 1.27. The van der Waals surface area contributed by atoms with Crippen molar-refractivity contribution in [1.29, 1.82) is 0 Å². The van der Waals surface area contributed by atoms with Gasteiger partial charge in [0, 0.05) is 31.7 Å². The summed E-state index contributed by atoms with van der Waals surface area (Å²) in [5.74, 6) is 1.67. The number of nitrogens with zero attached hydrogens (tertiary/aromatic N) is 2. The molecule has 0 radical (unpaired) electrons. The number of halogens is 1. The minimum atomic E-state index is 0. The van der Waals surface area contributed by atoms with Crippen molar-refractivity contribution in [2.75, 3.05) is 43.1 Å². The molecule has 3 atom stereocenters. The maximum Gasteiger partial charge on any atom is 0.126 e. The molecular formula is C19H31ClN4O. The molecule has 1 aliphatic carbocycles. The molecule has 1 saturated carbocycles. The maximum absolute atomic E-state index is 5.66. The lowest BCUT2D eigenvalue weighted by atomic mass is 9.94. The van der Waals surface area contributed by atoms with Crippen molar-refractivity contribution in [2.24, 2.45) is 5.92 Å². The SMILES string of the molecule is Cl.c1cc(NC2CCCC2C2COCCN2)ncc1N1CCCCC1. The van der Waals surface area contributed by atoms with E-state index in [1.807, 2.05) is 6.20 Å². The zero-order valence-corrected chi connectivity index (χ0v) is 15.8. The lowest BCUT2D eigenvalue weighted by molar-refractivity contribution is 0.0559. The molecule has 3 fully saturated rings. The minimum Gasteiger partial charge on any atom is -0.379 e. The third kappa shape index (κ3) is 4.57. The largest absolute Gasteiger partial charge is 0.379 e. The van der Waals surface area contributed by atoms with E-state index in [0.717, 1.165) is 25.6 Å². The normalized spacial score (nSPS) is 29.9. The van der Waals surface area contributed by atoms with E-state index in [-0.39, 0.29) is 12.4 Å². The predicted octanol–water partition coefficient (Wildman–Crippen LogP) is 3.06. The van der Waals surface area contributed by atoms with Crippen LogP contribution in [0.2, 0.25) is 0 Å². The fourth-order valence-electron chi connectivity index (χ4n) is 4.51. The van der Waals surface area contributed by atoms with Gasteiger partial charge in [0.25, 0.3) is 0 Å². The van der Waals surface area contributed by atoms with Crippen LogP contribution < -0.4 is 15.5 Å². The molecule has 140 valence electrons. The highest BCUT2D eigenvalue weighted by Gasteiger charge is 2.34. The smallest absolute Gasteiger partial charge is 0.126 e. The third-order valence-corrected chi connectivity index (χ3v) is 5.84. The molecule has 2 N–H and O–H groups in total. The van der Waals surface area contributed by atoms with E-state index in [1.165, 1.54) is 57.3 Å². The highest BCUT2D eigenvalue weighted by molar-refractivity contribution is 5.85. The van der Waals surface area contributed by atoms with E-state index in [0.29, 0.717) is 18.0 Å². The van der Waals surface area contributed by atoms with E-state index in [1.54, 1.807) is 0 Å². The summed E-state index contributed by atoms with van der Waals surface area (Å²) in [4.78, 5) is 7.15. The van der Waals surface area contributed by atoms with Crippen molar-refractivity contribution >= 4 is 23.9 Å². The maximum atomic E-state index is 5.66. The average Bonchev–Trinajstić information content (AvgIpc) is 3.12. The molecule has 6 heteroatoms. The molecule has 3 heterocycles. The number of morpholine rings is 1. The highest BCUT2D eigenvalue weighted by Crippen LogP contribution is 2.32. The van der Waals surface area contributed by atoms with Crippen molar-refractivity contribution in [3.8, 4) is 0 Å². The zero-order valence-electron chi connectivity index (χ0n) is 15.0. The Balaban J connectivity index is 0.00000182. The molecule has 0 spiro atoms. The van der Waals surface area contributed by atoms with Gasteiger partial charge in [0.05, 0.1) is 25.1 Å². The average molecular weight is 367 g/mol. The van der Waals surface area contributed by atoms with Crippen LogP contribution in [0.1, 0.15) is 38.5 Å². The van der Waals surface area contributed by atoms with Crippen LogP contribution in [-0.2, 0) is 4.74 Å². The van der Waals surface area contributed by atoms with Crippen LogP contribution in [0.5, 0.6) is 0 Å². The van der Waals surface area contributed by atoms with Crippen LogP contribution in [0.4, 0.5) is 11.5 Å². The van der Waals surface area contributed by atoms with Crippen molar-refractivity contribution < 1.29 is 4.74 Å². The van der Waals surface area contributed by atoms with E-state index < -0.39 is 0 Å². The Hall–Kier alpha value is -1.04. The van der Waals surface area contributed by atoms with Gasteiger partial charge in [-0.1, -0.05) is 6.42 Å². The van der Waals surface area contributed by atoms with Crippen LogP contribution in [0.15, 0.2) is 18.3 Å². The number of pyridine rings is 1. The number of rotatable bonds is 4. The van der Waals surface area contributed by atoms with Gasteiger partial charge < -0.3 is 20.3 Å². The van der Waals surface area contributed by atoms with Crippen molar-refractivity contribution in [1.82, 2.24) is 10.3 Å². The Morgan fingerprint density at radius 1 is 1.12 bits per heavy atom. The number of hydrogen-bond acceptors (Lipinski definition) is 5. The van der Waals surface area contributed by atoms with E-state index in [9.17, 15) is 0 Å². The van der Waals surface area contributed by atoms with E-state index >= 15 is 0 Å². The number of aromatic nitrogens is 1. The van der Waals surface area contributed by atoms with Crippen molar-refractivity contribution in [2.45, 2.75) is 50.6 Å². The number of nitrogens with one attached hydrogen (secondary N) is 2. The first kappa shape index (κ1) is 18.7. The summed E-state index contributed by atoms with van der Waals surface area (Å²) in [6.45, 7) is 5.03. The quantitative estimate of drug-likeness (QED) is 0.857. The van der Waals surface area contributed by atoms with Gasteiger partial charge in [-0.15, -0.1) is 12.4 Å². The van der Waals surface area contributed by atoms with Crippen LogP contribution in [0.3, 0.4) is 0 Å². The Labute approximate surface area is 157 Å². The molecule has 5 nitrogen and oxygen atoms in total. The number of anilines is 2. The monoisotopic (exact) mass is 366 g/mol. The Morgan fingerprint density at radius 2 is 2.00 bits per heavy atom. The number of ether oxygens (including phenoxy) is 1. The van der Waals surface area contributed by atoms with Crippen LogP contribution in [0.25, 0.3) is 0 Å². The number of piperidine rings is 1. The summed E-state index contributed by atoms with van der Waals surface area (Å²) in [5, 5.41) is 7.33. The van der Waals surface area contributed by atoms with Gasteiger partial charge >= 0.3 is 0 Å². The fourth-order valence-corrected chi connectivity index (χ4v) is 4.51. The van der Waals surface area contributed by atoms with Gasteiger partial charge in [-0.2, -0.15) is 0 Å². The van der Waals surface area contributed by atoms with Gasteiger partial charge in [-0.25, -0.2) is 4.98 Å². The molecule has 0 aromatic carbocycles.